The summed E-state index contributed by atoms with van der Waals surface area (Å²) in [5, 5.41) is 332. The minimum Gasteiger partial charge on any atom is -0.479 e. The zero-order chi connectivity index (χ0) is 82.4. The summed E-state index contributed by atoms with van der Waals surface area (Å²) >= 11 is 0. The van der Waals surface area contributed by atoms with Crippen LogP contribution in [0.4, 0.5) is 0 Å². The van der Waals surface area contributed by atoms with Gasteiger partial charge < -0.3 is 253 Å². The van der Waals surface area contributed by atoms with Crippen molar-refractivity contribution in [1.82, 2.24) is 0 Å². The number of carbonyl (C=O) groups is 1. The fourth-order valence-corrected chi connectivity index (χ4v) is 14.4. The molecule has 50 atom stereocenters. The van der Waals surface area contributed by atoms with E-state index in [-0.39, 0.29) is 0 Å². The number of carboxylic acid groups (broad SMARTS) is 1. The Bertz CT molecular complexity index is 2930. The predicted octanol–water partition coefficient (Wildman–Crippen LogP) is -21.7. The van der Waals surface area contributed by atoms with Gasteiger partial charge in [-0.2, -0.15) is 0 Å². The van der Waals surface area contributed by atoms with Gasteiger partial charge in [0.1, 0.15) is 232 Å². The molecule has 11 saturated heterocycles. The maximum absolute atomic E-state index is 13.2. The number of rotatable bonds is 26. The molecule has 0 saturated carbocycles. The van der Waals surface area contributed by atoms with Gasteiger partial charge in [0.15, 0.2) is 75.3 Å². The average Bonchev–Trinajstić information content (AvgIpc) is 0.769. The molecule has 52 heteroatoms. The van der Waals surface area contributed by atoms with Gasteiger partial charge >= 0.3 is 5.97 Å². The van der Waals surface area contributed by atoms with Gasteiger partial charge in [-0.25, -0.2) is 4.79 Å². The number of carboxylic acids is 1. The standard InChI is InChI=1S/C61H100O52/c62-1-16-26(77)43(48(51(92)98-16)112-58-35(86)27(78)28(79)46(110-58)50(90)91)109-61-49(113-56-34(85)25(76)15(71)10-97-56)47(42(20(5-66)102-61)106-55-33(84)24(75)14(70)9-96-55)111-60-38(89)45(41(19(4-65)101-60)105-54-32(83)23(74)13(69)8-95-54)108-59-37(88)44(40(18(3-64)100-59)104-53-31(82)22(73)12(68)7-94-53)107-57-36(87)29(80)39(17(2-63)99-57)103-52-30(81)21(72)11(67)6-93-52/h11-49,51-89,92H,1-10H2,(H,90,91)/t11-,12-,13-,14-,15-,16-,17-,18-,19-,20-,21+,22+,23+,24+,25+,26-,27+,28+,29-,30-,31-,32-,33-,34-,35-,36+,37+,38+,39-,40-,41-,42-,43+,44-,45-,46+,47+,48+,49+,51?,52+,53+,54+,55+,56+,57-,58+,59-,60-,61-/m1/s1. The zero-order valence-electron chi connectivity index (χ0n) is 58.8. The largest absolute Gasteiger partial charge is 0.479 e. The van der Waals surface area contributed by atoms with E-state index >= 15 is 0 Å². The summed E-state index contributed by atoms with van der Waals surface area (Å²) in [5.74, 6) is -1.94. The fourth-order valence-electron chi connectivity index (χ4n) is 14.4. The third kappa shape index (κ3) is 19.2. The Labute approximate surface area is 635 Å². The van der Waals surface area contributed by atoms with Crippen molar-refractivity contribution in [3.8, 4) is 0 Å². The van der Waals surface area contributed by atoms with Crippen molar-refractivity contribution in [3.63, 3.8) is 0 Å². The van der Waals surface area contributed by atoms with E-state index in [1.54, 1.807) is 0 Å². The van der Waals surface area contributed by atoms with Crippen LogP contribution in [0.15, 0.2) is 0 Å². The molecule has 30 N–H and O–H groups in total. The van der Waals surface area contributed by atoms with E-state index in [1.807, 2.05) is 0 Å². The number of aliphatic carboxylic acids is 1. The van der Waals surface area contributed by atoms with Gasteiger partial charge in [-0.05, 0) is 0 Å². The molecule has 113 heavy (non-hydrogen) atoms. The Balaban J connectivity index is 0.990. The van der Waals surface area contributed by atoms with Gasteiger partial charge in [-0.3, -0.25) is 0 Å². The first kappa shape index (κ1) is 91.2. The van der Waals surface area contributed by atoms with E-state index in [0.717, 1.165) is 0 Å². The number of hydrogen-bond donors (Lipinski definition) is 30. The lowest BCUT2D eigenvalue weighted by atomic mass is 9.94. The highest BCUT2D eigenvalue weighted by molar-refractivity contribution is 5.73. The predicted molar refractivity (Wildman–Crippen MR) is 333 cm³/mol. The van der Waals surface area contributed by atoms with E-state index in [9.17, 15) is 158 Å². The number of ether oxygens (including phenoxy) is 21. The fraction of sp³-hybridized carbons (Fsp3) is 0.984. The molecule has 0 aromatic heterocycles. The zero-order valence-corrected chi connectivity index (χ0v) is 58.8. The summed E-state index contributed by atoms with van der Waals surface area (Å²) in [7, 11) is 0. The van der Waals surface area contributed by atoms with Gasteiger partial charge in [-0.15, -0.1) is 0 Å². The minimum atomic E-state index is -2.77. The Morgan fingerprint density at radius 3 is 0.841 bits per heavy atom. The number of aliphatic hydroxyl groups is 29. The van der Waals surface area contributed by atoms with Crippen LogP contribution in [0.5, 0.6) is 0 Å². The van der Waals surface area contributed by atoms with Crippen LogP contribution in [0.25, 0.3) is 0 Å². The third-order valence-electron chi connectivity index (χ3n) is 21.0. The van der Waals surface area contributed by atoms with E-state index in [0.29, 0.717) is 0 Å². The van der Waals surface area contributed by atoms with Crippen molar-refractivity contribution < 1.29 is 257 Å². The smallest absolute Gasteiger partial charge is 0.335 e. The van der Waals surface area contributed by atoms with E-state index in [2.05, 4.69) is 0 Å². The van der Waals surface area contributed by atoms with Crippen molar-refractivity contribution in [3.05, 3.63) is 0 Å². The van der Waals surface area contributed by atoms with Crippen LogP contribution in [-0.4, -0.2) is 532 Å². The molecule has 656 valence electrons. The highest BCUT2D eigenvalue weighted by atomic mass is 16.8. The van der Waals surface area contributed by atoms with Crippen LogP contribution >= 0.6 is 0 Å². The molecule has 11 rings (SSSR count). The van der Waals surface area contributed by atoms with Crippen LogP contribution in [0, 0.1) is 0 Å². The molecule has 0 bridgehead atoms. The Morgan fingerprint density at radius 1 is 0.221 bits per heavy atom. The lowest BCUT2D eigenvalue weighted by Crippen LogP contribution is -2.71. The molecule has 0 spiro atoms. The molecule has 52 nitrogen and oxygen atoms in total. The molecular weight excluding hydrogens is 1560 g/mol. The lowest BCUT2D eigenvalue weighted by Gasteiger charge is -2.53. The Kier molecular flexibility index (Phi) is 31.6. The van der Waals surface area contributed by atoms with Crippen LogP contribution in [0.3, 0.4) is 0 Å². The van der Waals surface area contributed by atoms with E-state index < -0.39 is 379 Å². The minimum absolute atomic E-state index is 0.643. The normalized spacial score (nSPS) is 53.7. The average molecular weight is 1670 g/mol. The maximum atomic E-state index is 13.2. The first-order valence-electron chi connectivity index (χ1n) is 35.7. The molecule has 0 radical (unpaired) electrons. The van der Waals surface area contributed by atoms with Crippen molar-refractivity contribution in [2.45, 2.75) is 307 Å². The van der Waals surface area contributed by atoms with E-state index in [1.165, 1.54) is 0 Å². The van der Waals surface area contributed by atoms with Gasteiger partial charge in [0.05, 0.1) is 66.1 Å². The molecule has 1 unspecified atom stereocenters. The molecule has 11 aliphatic heterocycles. The summed E-state index contributed by atoms with van der Waals surface area (Å²) in [5.41, 5.74) is 0. The molecule has 11 aliphatic rings. The highest BCUT2D eigenvalue weighted by Gasteiger charge is 2.63. The Morgan fingerprint density at radius 2 is 0.478 bits per heavy atom. The molecule has 11 fully saturated rings. The highest BCUT2D eigenvalue weighted by Crippen LogP contribution is 2.43. The Hall–Kier alpha value is -2.53. The summed E-state index contributed by atoms with van der Waals surface area (Å²) in [6, 6.07) is 0. The first-order valence-corrected chi connectivity index (χ1v) is 35.7. The number of hydrogen-bond acceptors (Lipinski definition) is 51. The van der Waals surface area contributed by atoms with Crippen LogP contribution in [0.2, 0.25) is 0 Å². The van der Waals surface area contributed by atoms with Crippen LogP contribution < -0.4 is 0 Å². The van der Waals surface area contributed by atoms with E-state index in [4.69, 9.17) is 99.5 Å². The lowest BCUT2D eigenvalue weighted by molar-refractivity contribution is -0.427. The summed E-state index contributed by atoms with van der Waals surface area (Å²) < 4.78 is 124. The molecule has 0 aromatic rings. The quantitative estimate of drug-likeness (QED) is 0.0382. The van der Waals surface area contributed by atoms with Gasteiger partial charge in [0.2, 0.25) is 0 Å². The SMILES string of the molecule is O=C(O)[C@H]1O[C@@H](O[C@@H]2C(O)O[C@H](CO)[C@@H](O)[C@@H]2O[C@H]2O[C@H](CO)[C@@H](O[C@@H]3OC[C@@H](O)[C@H](O)[C@H]3O)[C@H](O[C@H]3O[C@H](CO)[C@@H](O[C@@H]4OC[C@@H](O)[C@H](O)[C@H]4O)[C@H](O[C@H]4O[C@H](CO)[C@@H](O[C@@H]5OC[C@@H](O)[C@H](O)[C@H]5O)[C@H](O[C@H]5O[C@H](CO)[C@@H](O[C@@H]6OC[C@@H](O)[C@H](O)[C@H]6O)[C@H](O)[C@@H]5O)[C@@H]4O)[C@@H]3O)[C@@H]2O[C@@H]2OC[C@@H](O)[C@H](O)[C@H]2O)[C@H](O)[C@@H](O)[C@@H]1O. The van der Waals surface area contributed by atoms with Gasteiger partial charge in [0.25, 0.3) is 0 Å². The molecule has 0 aromatic carbocycles. The second-order valence-electron chi connectivity index (χ2n) is 28.6. The molecule has 0 amide bonds. The second-order valence-corrected chi connectivity index (χ2v) is 28.6. The van der Waals surface area contributed by atoms with Crippen LogP contribution in [0.1, 0.15) is 0 Å². The summed E-state index contributed by atoms with van der Waals surface area (Å²) in [4.78, 5) is 12.2. The molecule has 11 heterocycles. The van der Waals surface area contributed by atoms with Gasteiger partial charge in [-0.1, -0.05) is 0 Å². The van der Waals surface area contributed by atoms with Crippen molar-refractivity contribution >= 4 is 5.97 Å². The van der Waals surface area contributed by atoms with Crippen LogP contribution in [-0.2, 0) is 104 Å². The molecular formula is C61H100O52. The van der Waals surface area contributed by atoms with Crippen molar-refractivity contribution in [2.75, 3.05) is 66.1 Å². The third-order valence-corrected chi connectivity index (χ3v) is 21.0. The topological polar surface area (TPSA) is 818 Å². The van der Waals surface area contributed by atoms with Gasteiger partial charge in [0, 0.05) is 0 Å². The first-order chi connectivity index (χ1) is 53.6. The van der Waals surface area contributed by atoms with Crippen molar-refractivity contribution in [1.29, 1.82) is 0 Å². The summed E-state index contributed by atoms with van der Waals surface area (Å²) in [6.45, 7) is -10.4. The molecule has 0 aliphatic carbocycles. The number of aliphatic hydroxyl groups excluding tert-OH is 29. The monoisotopic (exact) mass is 1660 g/mol. The summed E-state index contributed by atoms with van der Waals surface area (Å²) in [6.07, 6.45) is -112. The van der Waals surface area contributed by atoms with Crippen molar-refractivity contribution in [2.24, 2.45) is 0 Å². The second kappa shape index (κ2) is 39.1. The maximum Gasteiger partial charge on any atom is 0.335 e.